The molecule has 5 nitrogen and oxygen atoms in total. The summed E-state index contributed by atoms with van der Waals surface area (Å²) in [6.07, 6.45) is 4.41. The van der Waals surface area contributed by atoms with E-state index < -0.39 is 0 Å². The Kier molecular flexibility index (Phi) is 7.99. The summed E-state index contributed by atoms with van der Waals surface area (Å²) < 4.78 is 19.7. The molecule has 2 aromatic carbocycles. The lowest BCUT2D eigenvalue weighted by atomic mass is 9.98. The average Bonchev–Trinajstić information content (AvgIpc) is 2.83. The van der Waals surface area contributed by atoms with Crippen molar-refractivity contribution in [3.8, 4) is 5.75 Å². The maximum absolute atomic E-state index is 13.5. The number of amides is 1. The molecule has 1 atom stereocenters. The van der Waals surface area contributed by atoms with Gasteiger partial charge in [0.2, 0.25) is 0 Å². The van der Waals surface area contributed by atoms with E-state index >= 15 is 0 Å². The zero-order valence-corrected chi connectivity index (χ0v) is 19.9. The van der Waals surface area contributed by atoms with Crippen molar-refractivity contribution in [1.29, 1.82) is 0 Å². The molecule has 6 heteroatoms. The van der Waals surface area contributed by atoms with Gasteiger partial charge in [-0.1, -0.05) is 18.2 Å². The Morgan fingerprint density at radius 3 is 2.67 bits per heavy atom. The first-order chi connectivity index (χ1) is 16.0. The van der Waals surface area contributed by atoms with E-state index in [0.717, 1.165) is 38.2 Å². The third-order valence-corrected chi connectivity index (χ3v) is 7.01. The number of nitrogens with zero attached hydrogens (tertiary/aromatic N) is 3. The standard InChI is InChI=1S/C27H36FN3O2/c1-29-14-11-25(12-15-29)30(2)18-21-6-3-10-26(16-21)33-20-22-7-5-13-31(19-22)27(32)23-8-4-9-24(28)17-23/h3-4,6,8-10,16-17,22,25H,5,7,11-15,18-20H2,1-2H3/t22-/m0/s1. The van der Waals surface area contributed by atoms with Crippen LogP contribution in [-0.2, 0) is 6.54 Å². The van der Waals surface area contributed by atoms with E-state index in [9.17, 15) is 9.18 Å². The average molecular weight is 454 g/mol. The summed E-state index contributed by atoms with van der Waals surface area (Å²) >= 11 is 0. The van der Waals surface area contributed by atoms with Crippen LogP contribution in [0.4, 0.5) is 4.39 Å². The number of halogens is 1. The number of ether oxygens (including phenoxy) is 1. The van der Waals surface area contributed by atoms with Crippen molar-refractivity contribution >= 4 is 5.91 Å². The minimum atomic E-state index is -0.376. The number of likely N-dealkylation sites (tertiary alicyclic amines) is 2. The lowest BCUT2D eigenvalue weighted by Gasteiger charge is -2.35. The number of benzene rings is 2. The zero-order valence-electron chi connectivity index (χ0n) is 19.9. The predicted molar refractivity (Wildman–Crippen MR) is 129 cm³/mol. The van der Waals surface area contributed by atoms with Crippen LogP contribution in [0.2, 0.25) is 0 Å². The number of piperidine rings is 2. The normalized spacial score (nSPS) is 20.2. The second-order valence-electron chi connectivity index (χ2n) is 9.68. The second-order valence-corrected chi connectivity index (χ2v) is 9.68. The molecule has 2 aromatic rings. The third kappa shape index (κ3) is 6.55. The highest BCUT2D eigenvalue weighted by Gasteiger charge is 2.25. The van der Waals surface area contributed by atoms with E-state index in [1.54, 1.807) is 12.1 Å². The molecule has 2 aliphatic rings. The summed E-state index contributed by atoms with van der Waals surface area (Å²) in [6, 6.07) is 15.0. The highest BCUT2D eigenvalue weighted by molar-refractivity contribution is 5.94. The summed E-state index contributed by atoms with van der Waals surface area (Å²) in [5, 5.41) is 0. The van der Waals surface area contributed by atoms with Gasteiger partial charge in [-0.15, -0.1) is 0 Å². The molecule has 0 saturated carbocycles. The number of hydrogen-bond donors (Lipinski definition) is 0. The van der Waals surface area contributed by atoms with Crippen LogP contribution in [0.1, 0.15) is 41.6 Å². The van der Waals surface area contributed by atoms with Crippen LogP contribution in [-0.4, -0.2) is 73.5 Å². The molecule has 0 spiro atoms. The summed E-state index contributed by atoms with van der Waals surface area (Å²) in [6.45, 7) is 5.20. The molecule has 2 saturated heterocycles. The topological polar surface area (TPSA) is 36.0 Å². The minimum absolute atomic E-state index is 0.0989. The molecular weight excluding hydrogens is 417 g/mol. The van der Waals surface area contributed by atoms with Crippen molar-refractivity contribution in [2.24, 2.45) is 5.92 Å². The van der Waals surface area contributed by atoms with E-state index in [1.807, 2.05) is 11.0 Å². The van der Waals surface area contributed by atoms with Gasteiger partial charge in [0.1, 0.15) is 11.6 Å². The molecule has 0 N–H and O–H groups in total. The summed E-state index contributed by atoms with van der Waals surface area (Å²) in [7, 11) is 4.41. The van der Waals surface area contributed by atoms with Gasteiger partial charge in [0.15, 0.2) is 0 Å². The van der Waals surface area contributed by atoms with Gasteiger partial charge in [-0.25, -0.2) is 4.39 Å². The molecule has 178 valence electrons. The van der Waals surface area contributed by atoms with Gasteiger partial charge in [-0.05, 0) is 88.8 Å². The van der Waals surface area contributed by atoms with Crippen molar-refractivity contribution in [2.45, 2.75) is 38.3 Å². The molecule has 0 aromatic heterocycles. The number of carbonyl (C=O) groups excluding carboxylic acids is 1. The fourth-order valence-electron chi connectivity index (χ4n) is 4.99. The number of hydrogen-bond acceptors (Lipinski definition) is 4. The molecule has 0 aliphatic carbocycles. The molecule has 0 bridgehead atoms. The van der Waals surface area contributed by atoms with Gasteiger partial charge in [0.05, 0.1) is 6.61 Å². The van der Waals surface area contributed by atoms with Gasteiger partial charge in [0, 0.05) is 37.2 Å². The van der Waals surface area contributed by atoms with E-state index in [-0.39, 0.29) is 17.6 Å². The van der Waals surface area contributed by atoms with Crippen LogP contribution >= 0.6 is 0 Å². The Labute approximate surface area is 197 Å². The monoisotopic (exact) mass is 453 g/mol. The van der Waals surface area contributed by atoms with Crippen LogP contribution in [0, 0.1) is 11.7 Å². The Hall–Kier alpha value is -2.44. The number of rotatable bonds is 7. The third-order valence-electron chi connectivity index (χ3n) is 7.01. The molecule has 0 unspecified atom stereocenters. The van der Waals surface area contributed by atoms with Gasteiger partial charge in [0.25, 0.3) is 5.91 Å². The van der Waals surface area contributed by atoms with Crippen molar-refractivity contribution in [1.82, 2.24) is 14.7 Å². The van der Waals surface area contributed by atoms with E-state index in [2.05, 4.69) is 42.1 Å². The highest BCUT2D eigenvalue weighted by Crippen LogP contribution is 2.23. The highest BCUT2D eigenvalue weighted by atomic mass is 19.1. The molecule has 1 amide bonds. The van der Waals surface area contributed by atoms with E-state index in [1.165, 1.54) is 30.5 Å². The fraction of sp³-hybridized carbons (Fsp3) is 0.519. The first kappa shape index (κ1) is 23.7. The lowest BCUT2D eigenvalue weighted by molar-refractivity contribution is 0.0633. The first-order valence-electron chi connectivity index (χ1n) is 12.1. The van der Waals surface area contributed by atoms with Gasteiger partial charge < -0.3 is 14.5 Å². The molecule has 2 aliphatic heterocycles. The van der Waals surface area contributed by atoms with Crippen LogP contribution in [0.15, 0.2) is 48.5 Å². The summed E-state index contributed by atoms with van der Waals surface area (Å²) in [5.41, 5.74) is 1.68. The summed E-state index contributed by atoms with van der Waals surface area (Å²) in [5.74, 6) is 0.692. The second kappa shape index (κ2) is 11.1. The lowest BCUT2D eigenvalue weighted by Crippen LogP contribution is -2.41. The van der Waals surface area contributed by atoms with Crippen molar-refractivity contribution < 1.29 is 13.9 Å². The SMILES string of the molecule is CN1CCC(N(C)Cc2cccc(OC[C@H]3CCCN(C(=O)c4cccc(F)c4)C3)c2)CC1. The maximum Gasteiger partial charge on any atom is 0.253 e. The van der Waals surface area contributed by atoms with Gasteiger partial charge in [-0.3, -0.25) is 9.69 Å². The molecule has 33 heavy (non-hydrogen) atoms. The van der Waals surface area contributed by atoms with Crippen LogP contribution in [0.5, 0.6) is 5.75 Å². The van der Waals surface area contributed by atoms with Crippen LogP contribution < -0.4 is 4.74 Å². The fourth-order valence-corrected chi connectivity index (χ4v) is 4.99. The Balaban J connectivity index is 1.28. The van der Waals surface area contributed by atoms with Crippen LogP contribution in [0.25, 0.3) is 0 Å². The Morgan fingerprint density at radius 1 is 1.09 bits per heavy atom. The Morgan fingerprint density at radius 2 is 1.88 bits per heavy atom. The first-order valence-corrected chi connectivity index (χ1v) is 12.1. The number of carbonyl (C=O) groups is 1. The predicted octanol–water partition coefficient (Wildman–Crippen LogP) is 4.28. The van der Waals surface area contributed by atoms with E-state index in [4.69, 9.17) is 4.74 Å². The molecule has 2 fully saturated rings. The summed E-state index contributed by atoms with van der Waals surface area (Å²) in [4.78, 5) is 19.5. The molecule has 2 heterocycles. The molecule has 0 radical (unpaired) electrons. The largest absolute Gasteiger partial charge is 0.493 e. The Bertz CT molecular complexity index is 929. The van der Waals surface area contributed by atoms with Crippen molar-refractivity contribution in [3.63, 3.8) is 0 Å². The van der Waals surface area contributed by atoms with Crippen molar-refractivity contribution in [3.05, 3.63) is 65.5 Å². The minimum Gasteiger partial charge on any atom is -0.493 e. The van der Waals surface area contributed by atoms with E-state index in [0.29, 0.717) is 31.3 Å². The smallest absolute Gasteiger partial charge is 0.253 e. The quantitative estimate of drug-likeness (QED) is 0.627. The van der Waals surface area contributed by atoms with Crippen LogP contribution in [0.3, 0.4) is 0 Å². The van der Waals surface area contributed by atoms with Gasteiger partial charge in [-0.2, -0.15) is 0 Å². The molecular formula is C27H36FN3O2. The molecule has 4 rings (SSSR count). The van der Waals surface area contributed by atoms with Crippen molar-refractivity contribution in [2.75, 3.05) is 46.9 Å². The maximum atomic E-state index is 13.5. The zero-order chi connectivity index (χ0) is 23.2. The van der Waals surface area contributed by atoms with Gasteiger partial charge >= 0.3 is 0 Å².